The van der Waals surface area contributed by atoms with Gasteiger partial charge in [0.1, 0.15) is 0 Å². The third kappa shape index (κ3) is 2.21. The van der Waals surface area contributed by atoms with E-state index in [-0.39, 0.29) is 0 Å². The third-order valence-corrected chi connectivity index (χ3v) is 0.901. The van der Waals surface area contributed by atoms with E-state index >= 15 is 0 Å². The predicted molar refractivity (Wildman–Crippen MR) is 30.1 cm³/mol. The second kappa shape index (κ2) is 2.86. The molecule has 0 aromatic carbocycles. The van der Waals surface area contributed by atoms with Crippen molar-refractivity contribution < 1.29 is 17.6 Å². The number of rotatable bonds is 1. The van der Waals surface area contributed by atoms with Gasteiger partial charge in [-0.2, -0.15) is 13.2 Å². The summed E-state index contributed by atoms with van der Waals surface area (Å²) in [5, 5.41) is 0. The fourth-order valence-corrected chi connectivity index (χ4v) is 0.313. The molecule has 0 fully saturated rings. The Bertz CT molecular complexity index is 163. The largest absolute Gasteiger partial charge is 0.443 e. The molecule has 0 saturated carbocycles. The highest BCUT2D eigenvalue weighted by Crippen LogP contribution is 2.29. The number of halogens is 4. The Labute approximate surface area is 55.8 Å². The van der Waals surface area contributed by atoms with Crippen LogP contribution in [0.15, 0.2) is 24.1 Å². The van der Waals surface area contributed by atoms with Crippen molar-refractivity contribution in [2.45, 2.75) is 13.1 Å². The first-order valence-electron chi connectivity index (χ1n) is 2.45. The summed E-state index contributed by atoms with van der Waals surface area (Å²) in [6.45, 7) is 4.01. The van der Waals surface area contributed by atoms with Crippen molar-refractivity contribution >= 4 is 0 Å². The molecule has 0 bridgehead atoms. The van der Waals surface area contributed by atoms with Gasteiger partial charge in [-0.05, 0) is 12.5 Å². The lowest BCUT2D eigenvalue weighted by molar-refractivity contribution is -0.109. The van der Waals surface area contributed by atoms with Gasteiger partial charge in [-0.3, -0.25) is 0 Å². The third-order valence-electron chi connectivity index (χ3n) is 0.901. The Morgan fingerprint density at radius 2 is 1.80 bits per heavy atom. The van der Waals surface area contributed by atoms with Crippen LogP contribution in [0.1, 0.15) is 6.92 Å². The first-order valence-corrected chi connectivity index (χ1v) is 2.45. The van der Waals surface area contributed by atoms with Crippen LogP contribution in [0.5, 0.6) is 0 Å². The van der Waals surface area contributed by atoms with E-state index in [1.54, 1.807) is 0 Å². The maximum Gasteiger partial charge on any atom is 0.443 e. The summed E-state index contributed by atoms with van der Waals surface area (Å²) in [6.07, 6.45) is -4.05. The van der Waals surface area contributed by atoms with Crippen LogP contribution < -0.4 is 0 Å². The molecule has 10 heavy (non-hydrogen) atoms. The zero-order valence-electron chi connectivity index (χ0n) is 5.30. The smallest absolute Gasteiger partial charge is 0.201 e. The van der Waals surface area contributed by atoms with Gasteiger partial charge in [-0.15, -0.1) is 0 Å². The van der Waals surface area contributed by atoms with Crippen LogP contribution in [-0.2, 0) is 0 Å². The molecule has 0 rings (SSSR count). The monoisotopic (exact) mass is 154 g/mol. The van der Waals surface area contributed by atoms with Crippen molar-refractivity contribution in [2.75, 3.05) is 0 Å². The average molecular weight is 154 g/mol. The summed E-state index contributed by atoms with van der Waals surface area (Å²) in [6, 6.07) is 0. The van der Waals surface area contributed by atoms with Crippen molar-refractivity contribution in [3.8, 4) is 0 Å². The summed E-state index contributed by atoms with van der Waals surface area (Å²) in [7, 11) is 0. The van der Waals surface area contributed by atoms with E-state index in [9.17, 15) is 17.6 Å². The molecule has 0 radical (unpaired) electrons. The van der Waals surface area contributed by atoms with Crippen LogP contribution in [-0.4, -0.2) is 6.18 Å². The molecule has 0 aromatic heterocycles. The molecule has 0 aliphatic carbocycles. The molecule has 58 valence electrons. The first kappa shape index (κ1) is 9.20. The Hall–Kier alpha value is -0.800. The van der Waals surface area contributed by atoms with E-state index in [1.165, 1.54) is 0 Å². The van der Waals surface area contributed by atoms with E-state index in [1.807, 2.05) is 0 Å². The zero-order valence-corrected chi connectivity index (χ0v) is 5.30. The van der Waals surface area contributed by atoms with Gasteiger partial charge < -0.3 is 0 Å². The molecule has 0 N–H and O–H groups in total. The van der Waals surface area contributed by atoms with E-state index in [0.29, 0.717) is 0 Å². The van der Waals surface area contributed by atoms with Crippen LogP contribution in [0.3, 0.4) is 0 Å². The van der Waals surface area contributed by atoms with Gasteiger partial charge in [-0.25, -0.2) is 4.39 Å². The van der Waals surface area contributed by atoms with Crippen molar-refractivity contribution in [2.24, 2.45) is 0 Å². The van der Waals surface area contributed by atoms with E-state index < -0.39 is 17.6 Å². The summed E-state index contributed by atoms with van der Waals surface area (Å²) >= 11 is 0. The highest BCUT2D eigenvalue weighted by atomic mass is 19.4. The Balaban J connectivity index is 4.63. The summed E-state index contributed by atoms with van der Waals surface area (Å²) in [4.78, 5) is 0. The number of alkyl halides is 3. The Morgan fingerprint density at radius 3 is 1.90 bits per heavy atom. The quantitative estimate of drug-likeness (QED) is 0.402. The maximum absolute atomic E-state index is 12.0. The van der Waals surface area contributed by atoms with Gasteiger partial charge in [0, 0.05) is 0 Å². The van der Waals surface area contributed by atoms with Crippen molar-refractivity contribution in [1.29, 1.82) is 0 Å². The van der Waals surface area contributed by atoms with Gasteiger partial charge in [0.2, 0.25) is 5.83 Å². The maximum atomic E-state index is 12.0. The highest BCUT2D eigenvalue weighted by molar-refractivity contribution is 5.20. The van der Waals surface area contributed by atoms with Gasteiger partial charge in [0.15, 0.2) is 0 Å². The molecule has 0 heterocycles. The minimum atomic E-state index is -4.88. The normalized spacial score (nSPS) is 14.5. The lowest BCUT2D eigenvalue weighted by Crippen LogP contribution is -2.09. The fourth-order valence-electron chi connectivity index (χ4n) is 0.313. The number of allylic oxidation sites excluding steroid dienone is 3. The van der Waals surface area contributed by atoms with Crippen LogP contribution >= 0.6 is 0 Å². The van der Waals surface area contributed by atoms with Crippen molar-refractivity contribution in [3.05, 3.63) is 24.1 Å². The summed E-state index contributed by atoms with van der Waals surface area (Å²) < 4.78 is 46.2. The van der Waals surface area contributed by atoms with Crippen LogP contribution in [0.25, 0.3) is 0 Å². The second-order valence-corrected chi connectivity index (χ2v) is 1.70. The van der Waals surface area contributed by atoms with Crippen molar-refractivity contribution in [3.63, 3.8) is 0 Å². The topological polar surface area (TPSA) is 0 Å². The molecule has 0 aliphatic heterocycles. The summed E-state index contributed by atoms with van der Waals surface area (Å²) in [5.74, 6) is -2.08. The zero-order chi connectivity index (χ0) is 8.36. The van der Waals surface area contributed by atoms with Crippen LogP contribution in [0.2, 0.25) is 0 Å². The molecule has 0 amide bonds. The average Bonchev–Trinajstić information content (AvgIpc) is 1.83. The van der Waals surface area contributed by atoms with E-state index in [0.717, 1.165) is 13.0 Å². The number of hydrogen-bond donors (Lipinski definition) is 0. The number of hydrogen-bond acceptors (Lipinski definition) is 0. The highest BCUT2D eigenvalue weighted by Gasteiger charge is 2.35. The fraction of sp³-hybridized carbons (Fsp3) is 0.333. The molecule has 0 aliphatic rings. The minimum Gasteiger partial charge on any atom is -0.201 e. The molecule has 0 saturated heterocycles. The predicted octanol–water partition coefficient (Wildman–Crippen LogP) is 2.98. The lowest BCUT2D eigenvalue weighted by Gasteiger charge is -2.03. The molecule has 0 spiro atoms. The SMILES string of the molecule is C=CC(C)=C(F)C(F)(F)F. The van der Waals surface area contributed by atoms with Gasteiger partial charge in [-0.1, -0.05) is 12.7 Å². The molecular weight excluding hydrogens is 148 g/mol. The molecule has 0 aromatic rings. The molecule has 4 heteroatoms. The van der Waals surface area contributed by atoms with E-state index in [4.69, 9.17) is 0 Å². The Morgan fingerprint density at radius 1 is 1.40 bits per heavy atom. The van der Waals surface area contributed by atoms with Gasteiger partial charge in [0.05, 0.1) is 0 Å². The first-order chi connectivity index (χ1) is 4.39. The standard InChI is InChI=1S/C6H6F4/c1-3-4(2)5(7)6(8,9)10/h3H,1H2,2H3. The van der Waals surface area contributed by atoms with Crippen LogP contribution in [0.4, 0.5) is 17.6 Å². The molecular formula is C6H6F4. The van der Waals surface area contributed by atoms with E-state index in [2.05, 4.69) is 6.58 Å². The molecule has 0 unspecified atom stereocenters. The molecule has 0 atom stereocenters. The summed E-state index contributed by atoms with van der Waals surface area (Å²) in [5.41, 5.74) is -0.493. The minimum absolute atomic E-state index is 0.493. The Kier molecular flexibility index (Phi) is 2.63. The van der Waals surface area contributed by atoms with Crippen LogP contribution in [0, 0.1) is 0 Å². The lowest BCUT2D eigenvalue weighted by atomic mass is 10.2. The van der Waals surface area contributed by atoms with Crippen molar-refractivity contribution in [1.82, 2.24) is 0 Å². The van der Waals surface area contributed by atoms with Gasteiger partial charge in [0.25, 0.3) is 0 Å². The van der Waals surface area contributed by atoms with Gasteiger partial charge >= 0.3 is 6.18 Å². The second-order valence-electron chi connectivity index (χ2n) is 1.70. The molecule has 0 nitrogen and oxygen atoms in total.